The normalized spacial score (nSPS) is 10.2. The molecule has 2 rings (SSSR count). The Labute approximate surface area is 151 Å². The fourth-order valence-electron chi connectivity index (χ4n) is 2.15. The van der Waals surface area contributed by atoms with Gasteiger partial charge in [0.05, 0.1) is 12.8 Å². The Morgan fingerprint density at radius 1 is 1.24 bits per heavy atom. The Kier molecular flexibility index (Phi) is 6.36. The maximum absolute atomic E-state index is 12.5. The molecule has 0 radical (unpaired) electrons. The van der Waals surface area contributed by atoms with Crippen LogP contribution in [0, 0.1) is 6.92 Å². The van der Waals surface area contributed by atoms with Crippen LogP contribution in [0.4, 0.5) is 5.69 Å². The van der Waals surface area contributed by atoms with Gasteiger partial charge in [0.1, 0.15) is 11.4 Å². The zero-order valence-electron chi connectivity index (χ0n) is 14.4. The van der Waals surface area contributed by atoms with Gasteiger partial charge >= 0.3 is 0 Å². The minimum Gasteiger partial charge on any atom is -0.495 e. The molecule has 132 valence electrons. The number of amides is 2. The first kappa shape index (κ1) is 18.7. The molecule has 7 heteroatoms. The predicted octanol–water partition coefficient (Wildman–Crippen LogP) is 3.44. The second-order valence-corrected chi connectivity index (χ2v) is 5.85. The number of hydrogen-bond donors (Lipinski definition) is 2. The molecule has 1 heterocycles. The van der Waals surface area contributed by atoms with Gasteiger partial charge in [-0.15, -0.1) is 0 Å². The molecule has 0 saturated carbocycles. The van der Waals surface area contributed by atoms with Crippen molar-refractivity contribution in [2.75, 3.05) is 19.0 Å². The van der Waals surface area contributed by atoms with Crippen LogP contribution in [0.5, 0.6) is 5.75 Å². The van der Waals surface area contributed by atoms with Gasteiger partial charge in [0.25, 0.3) is 11.8 Å². The molecule has 0 saturated heterocycles. The van der Waals surface area contributed by atoms with Crippen molar-refractivity contribution < 1.29 is 14.3 Å². The summed E-state index contributed by atoms with van der Waals surface area (Å²) in [5.74, 6) is -0.232. The standard InChI is InChI=1S/C18H20ClN3O3/c1-4-6-21-17(23)12-5-7-20-15(9-12)18(24)22-14-8-11(2)13(19)10-16(14)25-3/h5,7-10H,4,6H2,1-3H3,(H,21,23)(H,22,24). The number of carbonyl (C=O) groups excluding carboxylic acids is 2. The monoisotopic (exact) mass is 361 g/mol. The van der Waals surface area contributed by atoms with E-state index in [0.29, 0.717) is 28.6 Å². The molecule has 25 heavy (non-hydrogen) atoms. The first-order valence-corrected chi connectivity index (χ1v) is 8.23. The second-order valence-electron chi connectivity index (χ2n) is 5.44. The number of aromatic nitrogens is 1. The number of halogens is 1. The van der Waals surface area contributed by atoms with E-state index in [1.165, 1.54) is 19.4 Å². The molecular weight excluding hydrogens is 342 g/mol. The van der Waals surface area contributed by atoms with Crippen molar-refractivity contribution in [1.82, 2.24) is 10.3 Å². The number of carbonyl (C=O) groups is 2. The number of aryl methyl sites for hydroxylation is 1. The number of nitrogens with zero attached hydrogens (tertiary/aromatic N) is 1. The number of ether oxygens (including phenoxy) is 1. The molecule has 2 amide bonds. The molecule has 2 aromatic rings. The van der Waals surface area contributed by atoms with Gasteiger partial charge in [0.15, 0.2) is 0 Å². The molecule has 0 bridgehead atoms. The van der Waals surface area contributed by atoms with E-state index in [1.807, 2.05) is 13.8 Å². The molecule has 0 aliphatic heterocycles. The Balaban J connectivity index is 2.22. The number of methoxy groups -OCH3 is 1. The molecule has 0 fully saturated rings. The van der Waals surface area contributed by atoms with Crippen LogP contribution >= 0.6 is 11.6 Å². The van der Waals surface area contributed by atoms with Gasteiger partial charge in [-0.05, 0) is 37.1 Å². The van der Waals surface area contributed by atoms with E-state index in [0.717, 1.165) is 12.0 Å². The molecule has 0 aliphatic carbocycles. The van der Waals surface area contributed by atoms with Gasteiger partial charge in [-0.25, -0.2) is 0 Å². The van der Waals surface area contributed by atoms with Crippen molar-refractivity contribution in [1.29, 1.82) is 0 Å². The van der Waals surface area contributed by atoms with Crippen LogP contribution in [0.2, 0.25) is 5.02 Å². The van der Waals surface area contributed by atoms with Crippen LogP contribution in [0.15, 0.2) is 30.5 Å². The Morgan fingerprint density at radius 2 is 2.00 bits per heavy atom. The maximum Gasteiger partial charge on any atom is 0.274 e. The smallest absolute Gasteiger partial charge is 0.274 e. The minimum absolute atomic E-state index is 0.138. The topological polar surface area (TPSA) is 80.3 Å². The van der Waals surface area contributed by atoms with Crippen LogP contribution in [0.3, 0.4) is 0 Å². The third kappa shape index (κ3) is 4.70. The Hall–Kier alpha value is -2.60. The lowest BCUT2D eigenvalue weighted by atomic mass is 10.2. The molecule has 0 aliphatic rings. The van der Waals surface area contributed by atoms with E-state index in [2.05, 4.69) is 15.6 Å². The van der Waals surface area contributed by atoms with Gasteiger partial charge in [0.2, 0.25) is 0 Å². The van der Waals surface area contributed by atoms with Gasteiger partial charge in [-0.3, -0.25) is 14.6 Å². The fraction of sp³-hybridized carbons (Fsp3) is 0.278. The van der Waals surface area contributed by atoms with Crippen molar-refractivity contribution in [3.05, 3.63) is 52.3 Å². The quantitative estimate of drug-likeness (QED) is 0.825. The lowest BCUT2D eigenvalue weighted by Gasteiger charge is -2.12. The zero-order valence-corrected chi connectivity index (χ0v) is 15.1. The van der Waals surface area contributed by atoms with Crippen LogP contribution < -0.4 is 15.4 Å². The fourth-order valence-corrected chi connectivity index (χ4v) is 2.31. The highest BCUT2D eigenvalue weighted by atomic mass is 35.5. The summed E-state index contributed by atoms with van der Waals surface area (Å²) in [4.78, 5) is 28.5. The second kappa shape index (κ2) is 8.48. The third-order valence-corrected chi connectivity index (χ3v) is 3.93. The highest BCUT2D eigenvalue weighted by Crippen LogP contribution is 2.31. The Morgan fingerprint density at radius 3 is 2.68 bits per heavy atom. The lowest BCUT2D eigenvalue weighted by molar-refractivity contribution is 0.0953. The van der Waals surface area contributed by atoms with E-state index in [-0.39, 0.29) is 11.6 Å². The first-order chi connectivity index (χ1) is 12.0. The highest BCUT2D eigenvalue weighted by molar-refractivity contribution is 6.31. The largest absolute Gasteiger partial charge is 0.495 e. The maximum atomic E-state index is 12.5. The number of anilines is 1. The summed E-state index contributed by atoms with van der Waals surface area (Å²) >= 11 is 6.07. The number of rotatable bonds is 6. The SMILES string of the molecule is CCCNC(=O)c1ccnc(C(=O)Nc2cc(C)c(Cl)cc2OC)c1. The van der Waals surface area contributed by atoms with E-state index in [1.54, 1.807) is 18.2 Å². The average molecular weight is 362 g/mol. The molecule has 1 aromatic heterocycles. The van der Waals surface area contributed by atoms with Crippen molar-refractivity contribution in [2.24, 2.45) is 0 Å². The van der Waals surface area contributed by atoms with Gasteiger partial charge in [-0.1, -0.05) is 18.5 Å². The van der Waals surface area contributed by atoms with Crippen molar-refractivity contribution in [2.45, 2.75) is 20.3 Å². The van der Waals surface area contributed by atoms with Crippen LogP contribution in [0.1, 0.15) is 39.8 Å². The number of hydrogen-bond acceptors (Lipinski definition) is 4. The third-order valence-electron chi connectivity index (χ3n) is 3.52. The summed E-state index contributed by atoms with van der Waals surface area (Å²) in [6, 6.07) is 6.37. The van der Waals surface area contributed by atoms with Crippen LogP contribution in [0.25, 0.3) is 0 Å². The van der Waals surface area contributed by atoms with E-state index < -0.39 is 5.91 Å². The highest BCUT2D eigenvalue weighted by Gasteiger charge is 2.15. The van der Waals surface area contributed by atoms with Gasteiger partial charge < -0.3 is 15.4 Å². The number of pyridine rings is 1. The van der Waals surface area contributed by atoms with Crippen molar-refractivity contribution >= 4 is 29.1 Å². The van der Waals surface area contributed by atoms with Crippen molar-refractivity contribution in [3.63, 3.8) is 0 Å². The molecule has 0 unspecified atom stereocenters. The predicted molar refractivity (Wildman–Crippen MR) is 97.6 cm³/mol. The summed E-state index contributed by atoms with van der Waals surface area (Å²) in [7, 11) is 1.49. The molecule has 0 atom stereocenters. The van der Waals surface area contributed by atoms with Gasteiger partial charge in [-0.2, -0.15) is 0 Å². The molecule has 0 spiro atoms. The molecule has 6 nitrogen and oxygen atoms in total. The molecular formula is C18H20ClN3O3. The van der Waals surface area contributed by atoms with Gasteiger partial charge in [0, 0.05) is 29.4 Å². The Bertz CT molecular complexity index is 793. The first-order valence-electron chi connectivity index (χ1n) is 7.86. The van der Waals surface area contributed by atoms with E-state index in [9.17, 15) is 9.59 Å². The average Bonchev–Trinajstić information content (AvgIpc) is 2.62. The molecule has 1 aromatic carbocycles. The van der Waals surface area contributed by atoms with Crippen molar-refractivity contribution in [3.8, 4) is 5.75 Å². The summed E-state index contributed by atoms with van der Waals surface area (Å²) in [5.41, 5.74) is 1.81. The number of benzene rings is 1. The van der Waals surface area contributed by atoms with E-state index in [4.69, 9.17) is 16.3 Å². The lowest BCUT2D eigenvalue weighted by Crippen LogP contribution is -2.24. The minimum atomic E-state index is -0.440. The van der Waals surface area contributed by atoms with E-state index >= 15 is 0 Å². The summed E-state index contributed by atoms with van der Waals surface area (Å²) in [6.07, 6.45) is 2.26. The molecule has 2 N–H and O–H groups in total. The summed E-state index contributed by atoms with van der Waals surface area (Å²) in [5, 5.41) is 6.05. The summed E-state index contributed by atoms with van der Waals surface area (Å²) < 4.78 is 5.24. The van der Waals surface area contributed by atoms with Crippen LogP contribution in [-0.2, 0) is 0 Å². The van der Waals surface area contributed by atoms with Crippen LogP contribution in [-0.4, -0.2) is 30.5 Å². The number of nitrogens with one attached hydrogen (secondary N) is 2. The summed E-state index contributed by atoms with van der Waals surface area (Å²) in [6.45, 7) is 4.37. The zero-order chi connectivity index (χ0) is 18.4.